The van der Waals surface area contributed by atoms with Crippen molar-refractivity contribution in [3.05, 3.63) is 97.1 Å². The van der Waals surface area contributed by atoms with E-state index in [-0.39, 0.29) is 5.91 Å². The number of nitrogens with zero attached hydrogens (tertiary/aromatic N) is 5. The zero-order chi connectivity index (χ0) is 19.6. The van der Waals surface area contributed by atoms with Gasteiger partial charge >= 0.3 is 0 Å². The van der Waals surface area contributed by atoms with Gasteiger partial charge in [-0.25, -0.2) is 0 Å². The molecule has 7 nitrogen and oxygen atoms in total. The molecule has 3 heterocycles. The van der Waals surface area contributed by atoms with Crippen LogP contribution in [0.4, 0.5) is 5.69 Å². The fourth-order valence-corrected chi connectivity index (χ4v) is 3.13. The van der Waals surface area contributed by atoms with Crippen molar-refractivity contribution in [1.82, 2.24) is 24.4 Å². The maximum absolute atomic E-state index is 12.6. The van der Waals surface area contributed by atoms with E-state index in [1.54, 1.807) is 10.8 Å². The zero-order valence-electron chi connectivity index (χ0n) is 15.3. The molecule has 1 amide bonds. The summed E-state index contributed by atoms with van der Waals surface area (Å²) in [6, 6.07) is 22.7. The summed E-state index contributed by atoms with van der Waals surface area (Å²) in [5, 5.41) is 15.2. The van der Waals surface area contributed by atoms with Gasteiger partial charge in [0.05, 0.1) is 5.69 Å². The highest BCUT2D eigenvalue weighted by Crippen LogP contribution is 2.21. The number of amides is 1. The van der Waals surface area contributed by atoms with Crippen molar-refractivity contribution in [3.8, 4) is 16.9 Å². The van der Waals surface area contributed by atoms with Crippen molar-refractivity contribution >= 4 is 17.2 Å². The summed E-state index contributed by atoms with van der Waals surface area (Å²) in [6.45, 7) is 0. The molecule has 0 saturated carbocycles. The first-order valence-corrected chi connectivity index (χ1v) is 9.08. The van der Waals surface area contributed by atoms with Crippen LogP contribution < -0.4 is 5.32 Å². The van der Waals surface area contributed by atoms with Crippen LogP contribution >= 0.6 is 0 Å². The molecule has 1 N–H and O–H groups in total. The lowest BCUT2D eigenvalue weighted by Crippen LogP contribution is -2.12. The fourth-order valence-electron chi connectivity index (χ4n) is 3.13. The lowest BCUT2D eigenvalue weighted by molar-refractivity contribution is 0.102. The van der Waals surface area contributed by atoms with E-state index >= 15 is 0 Å². The van der Waals surface area contributed by atoms with Gasteiger partial charge in [0.15, 0.2) is 5.65 Å². The maximum atomic E-state index is 12.6. The lowest BCUT2D eigenvalue weighted by atomic mass is 10.1. The summed E-state index contributed by atoms with van der Waals surface area (Å²) in [7, 11) is 0. The molecule has 0 spiro atoms. The van der Waals surface area contributed by atoms with Gasteiger partial charge in [0, 0.05) is 34.9 Å². The summed E-state index contributed by atoms with van der Waals surface area (Å²) in [6.07, 6.45) is 5.49. The first kappa shape index (κ1) is 16.9. The van der Waals surface area contributed by atoms with Crippen molar-refractivity contribution in [2.75, 3.05) is 5.32 Å². The molecule has 140 valence electrons. The van der Waals surface area contributed by atoms with Crippen LogP contribution in [0.15, 0.2) is 91.5 Å². The number of fused-ring (bicyclic) bond motifs is 1. The second kappa shape index (κ2) is 7.05. The molecule has 2 aromatic carbocycles. The topological polar surface area (TPSA) is 77.1 Å². The maximum Gasteiger partial charge on any atom is 0.255 e. The van der Waals surface area contributed by atoms with E-state index in [0.29, 0.717) is 16.9 Å². The van der Waals surface area contributed by atoms with E-state index in [1.807, 2.05) is 89.8 Å². The average molecular weight is 380 g/mol. The minimum absolute atomic E-state index is 0.163. The van der Waals surface area contributed by atoms with Crippen LogP contribution in [0.1, 0.15) is 10.4 Å². The highest BCUT2D eigenvalue weighted by molar-refractivity contribution is 6.04. The van der Waals surface area contributed by atoms with Gasteiger partial charge in [-0.15, -0.1) is 10.2 Å². The zero-order valence-corrected chi connectivity index (χ0v) is 15.3. The van der Waals surface area contributed by atoms with Crippen molar-refractivity contribution in [1.29, 1.82) is 0 Å². The second-order valence-electron chi connectivity index (χ2n) is 6.52. The first-order valence-electron chi connectivity index (χ1n) is 9.08. The fraction of sp³-hybridized carbons (Fsp3) is 0. The Morgan fingerprint density at radius 3 is 2.55 bits per heavy atom. The number of benzene rings is 2. The standard InChI is InChI=1S/C22H16N6O/c29-22(16-6-8-19(9-7-16)27-12-1-2-13-27)24-18-5-3-4-17(14-18)20-10-11-21-25-23-15-28(21)26-20/h1-15H,(H,24,29). The van der Waals surface area contributed by atoms with Crippen LogP contribution in [0.25, 0.3) is 22.6 Å². The van der Waals surface area contributed by atoms with E-state index < -0.39 is 0 Å². The summed E-state index contributed by atoms with van der Waals surface area (Å²) < 4.78 is 3.61. The van der Waals surface area contributed by atoms with Crippen molar-refractivity contribution in [2.24, 2.45) is 0 Å². The largest absolute Gasteiger partial charge is 0.324 e. The average Bonchev–Trinajstić information content (AvgIpc) is 3.45. The van der Waals surface area contributed by atoms with Crippen molar-refractivity contribution in [3.63, 3.8) is 0 Å². The Labute approximate surface area is 166 Å². The van der Waals surface area contributed by atoms with E-state index in [2.05, 4.69) is 20.6 Å². The Morgan fingerprint density at radius 2 is 1.72 bits per heavy atom. The number of hydrogen-bond donors (Lipinski definition) is 1. The highest BCUT2D eigenvalue weighted by atomic mass is 16.1. The van der Waals surface area contributed by atoms with Crippen LogP contribution in [-0.4, -0.2) is 30.3 Å². The molecule has 29 heavy (non-hydrogen) atoms. The Balaban J connectivity index is 1.36. The number of nitrogens with one attached hydrogen (secondary N) is 1. The molecule has 0 atom stereocenters. The number of hydrogen-bond acceptors (Lipinski definition) is 4. The van der Waals surface area contributed by atoms with Crippen LogP contribution in [0.2, 0.25) is 0 Å². The van der Waals surface area contributed by atoms with Crippen molar-refractivity contribution < 1.29 is 4.79 Å². The van der Waals surface area contributed by atoms with Gasteiger partial charge in [0.2, 0.25) is 0 Å². The number of carbonyl (C=O) groups excluding carboxylic acids is 1. The Kier molecular flexibility index (Phi) is 4.10. The Bertz CT molecular complexity index is 1290. The minimum atomic E-state index is -0.163. The van der Waals surface area contributed by atoms with Gasteiger partial charge in [-0.1, -0.05) is 12.1 Å². The number of aromatic nitrogens is 5. The molecule has 5 rings (SSSR count). The molecule has 0 bridgehead atoms. The molecule has 0 fully saturated rings. The quantitative estimate of drug-likeness (QED) is 0.514. The summed E-state index contributed by atoms with van der Waals surface area (Å²) in [4.78, 5) is 12.6. The van der Waals surface area contributed by atoms with Gasteiger partial charge in [-0.05, 0) is 60.7 Å². The van der Waals surface area contributed by atoms with Gasteiger partial charge in [-0.3, -0.25) is 4.79 Å². The van der Waals surface area contributed by atoms with Gasteiger partial charge in [-0.2, -0.15) is 9.61 Å². The van der Waals surface area contributed by atoms with Gasteiger partial charge in [0.25, 0.3) is 5.91 Å². The number of anilines is 1. The lowest BCUT2D eigenvalue weighted by Gasteiger charge is -2.09. The molecule has 0 aliphatic heterocycles. The predicted octanol–water partition coefficient (Wildman–Crippen LogP) is 3.83. The molecule has 3 aromatic heterocycles. The van der Waals surface area contributed by atoms with E-state index in [9.17, 15) is 4.79 Å². The van der Waals surface area contributed by atoms with Crippen LogP contribution in [-0.2, 0) is 0 Å². The molecule has 0 saturated heterocycles. The van der Waals surface area contributed by atoms with Crippen molar-refractivity contribution in [2.45, 2.75) is 0 Å². The monoisotopic (exact) mass is 380 g/mol. The normalized spacial score (nSPS) is 10.9. The molecular weight excluding hydrogens is 364 g/mol. The van der Waals surface area contributed by atoms with E-state index in [1.165, 1.54) is 0 Å². The summed E-state index contributed by atoms with van der Waals surface area (Å²) in [5.41, 5.74) is 4.64. The van der Waals surface area contributed by atoms with Crippen LogP contribution in [0.3, 0.4) is 0 Å². The Morgan fingerprint density at radius 1 is 0.897 bits per heavy atom. The van der Waals surface area contributed by atoms with E-state index in [4.69, 9.17) is 0 Å². The summed E-state index contributed by atoms with van der Waals surface area (Å²) in [5.74, 6) is -0.163. The van der Waals surface area contributed by atoms with E-state index in [0.717, 1.165) is 16.9 Å². The third-order valence-electron chi connectivity index (χ3n) is 4.61. The molecule has 5 aromatic rings. The highest BCUT2D eigenvalue weighted by Gasteiger charge is 2.08. The minimum Gasteiger partial charge on any atom is -0.324 e. The molecule has 0 unspecified atom stereocenters. The first-order chi connectivity index (χ1) is 14.3. The number of rotatable bonds is 4. The summed E-state index contributed by atoms with van der Waals surface area (Å²) >= 11 is 0. The number of carbonyl (C=O) groups is 1. The predicted molar refractivity (Wildman–Crippen MR) is 110 cm³/mol. The Hall–Kier alpha value is -4.26. The van der Waals surface area contributed by atoms with Gasteiger partial charge in [0.1, 0.15) is 6.33 Å². The third kappa shape index (κ3) is 3.37. The van der Waals surface area contributed by atoms with Crippen LogP contribution in [0, 0.1) is 0 Å². The molecule has 7 heteroatoms. The third-order valence-corrected chi connectivity index (χ3v) is 4.61. The molecular formula is C22H16N6O. The second-order valence-corrected chi connectivity index (χ2v) is 6.52. The molecule has 0 aliphatic carbocycles. The smallest absolute Gasteiger partial charge is 0.255 e. The SMILES string of the molecule is O=C(Nc1cccc(-c2ccc3nncn3n2)c1)c1ccc(-n2cccc2)cc1. The van der Waals surface area contributed by atoms with Crippen LogP contribution in [0.5, 0.6) is 0 Å². The molecule has 0 aliphatic rings. The van der Waals surface area contributed by atoms with Gasteiger partial charge < -0.3 is 9.88 Å². The molecule has 0 radical (unpaired) electrons.